The molecule has 1 atom stereocenters. The summed E-state index contributed by atoms with van der Waals surface area (Å²) in [7, 11) is 1.66. The molecule has 24 heavy (non-hydrogen) atoms. The monoisotopic (exact) mass is 333 g/mol. The topological polar surface area (TPSA) is 75.0 Å². The Balaban J connectivity index is 1.40. The minimum atomic E-state index is -0.346. The van der Waals surface area contributed by atoms with Crippen molar-refractivity contribution in [1.82, 2.24) is 15.1 Å². The third kappa shape index (κ3) is 2.82. The summed E-state index contributed by atoms with van der Waals surface area (Å²) in [5, 5.41) is 2.73. The molecule has 1 aromatic rings. The van der Waals surface area contributed by atoms with Gasteiger partial charge in [-0.25, -0.2) is 0 Å². The van der Waals surface area contributed by atoms with Gasteiger partial charge in [-0.1, -0.05) is 0 Å². The van der Waals surface area contributed by atoms with Gasteiger partial charge in [-0.3, -0.25) is 14.5 Å². The van der Waals surface area contributed by atoms with Crippen molar-refractivity contribution in [2.75, 3.05) is 39.8 Å². The van der Waals surface area contributed by atoms with Gasteiger partial charge in [-0.05, 0) is 30.9 Å². The highest BCUT2D eigenvalue weighted by Gasteiger charge is 2.52. The molecule has 1 aromatic heterocycles. The molecule has 3 aliphatic rings. The van der Waals surface area contributed by atoms with Crippen LogP contribution >= 0.6 is 0 Å². The molecule has 2 aliphatic heterocycles. The smallest absolute Gasteiger partial charge is 0.289 e. The van der Waals surface area contributed by atoms with Crippen LogP contribution in [0.15, 0.2) is 22.8 Å². The zero-order valence-corrected chi connectivity index (χ0v) is 13.9. The fourth-order valence-electron chi connectivity index (χ4n) is 3.66. The molecule has 1 aliphatic carbocycles. The Morgan fingerprint density at radius 1 is 1.33 bits per heavy atom. The van der Waals surface area contributed by atoms with Crippen LogP contribution in [0.1, 0.15) is 23.4 Å². The summed E-state index contributed by atoms with van der Waals surface area (Å²) in [4.78, 5) is 28.4. The van der Waals surface area contributed by atoms with E-state index in [4.69, 9.17) is 9.15 Å². The number of amides is 2. The van der Waals surface area contributed by atoms with Gasteiger partial charge in [0, 0.05) is 20.1 Å². The van der Waals surface area contributed by atoms with Gasteiger partial charge >= 0.3 is 0 Å². The van der Waals surface area contributed by atoms with Crippen LogP contribution in [-0.4, -0.2) is 73.1 Å². The minimum Gasteiger partial charge on any atom is -0.459 e. The molecule has 1 spiro atoms. The van der Waals surface area contributed by atoms with Gasteiger partial charge in [0.05, 0.1) is 26.0 Å². The van der Waals surface area contributed by atoms with Crippen LogP contribution in [0.4, 0.5) is 0 Å². The molecular formula is C17H23N3O4. The number of carbonyl (C=O) groups is 2. The van der Waals surface area contributed by atoms with Crippen LogP contribution in [0.2, 0.25) is 0 Å². The predicted octanol–water partition coefficient (Wildman–Crippen LogP) is 0.331. The molecule has 3 heterocycles. The summed E-state index contributed by atoms with van der Waals surface area (Å²) in [6, 6.07) is 3.16. The van der Waals surface area contributed by atoms with Crippen LogP contribution in [-0.2, 0) is 9.53 Å². The maximum absolute atomic E-state index is 12.3. The number of nitrogens with one attached hydrogen (secondary N) is 1. The number of ether oxygens (including phenoxy) is 1. The van der Waals surface area contributed by atoms with E-state index in [1.807, 2.05) is 0 Å². The molecule has 7 heteroatoms. The van der Waals surface area contributed by atoms with E-state index in [0.717, 1.165) is 6.54 Å². The molecule has 3 fully saturated rings. The molecule has 2 saturated heterocycles. The highest BCUT2D eigenvalue weighted by Crippen LogP contribution is 2.36. The van der Waals surface area contributed by atoms with Crippen LogP contribution in [0, 0.1) is 5.92 Å². The zero-order chi connectivity index (χ0) is 16.7. The number of hydrogen-bond donors (Lipinski definition) is 1. The average molecular weight is 333 g/mol. The number of likely N-dealkylation sites (N-methyl/N-ethyl adjacent to an activating group) is 1. The second kappa shape index (κ2) is 5.89. The van der Waals surface area contributed by atoms with Crippen molar-refractivity contribution in [3.8, 4) is 0 Å². The van der Waals surface area contributed by atoms with E-state index in [1.165, 1.54) is 19.1 Å². The second-order valence-electron chi connectivity index (χ2n) is 7.14. The molecule has 0 unspecified atom stereocenters. The van der Waals surface area contributed by atoms with Crippen molar-refractivity contribution in [2.45, 2.75) is 24.5 Å². The standard InChI is InChI=1S/C17H23N3O4/c1-18-15(21)13-8-24-17(9-19(13)7-12-4-5-12)10-20(11-17)16(22)14-3-2-6-23-14/h2-3,6,12-13H,4-5,7-11H2,1H3,(H,18,21)/t13-/m0/s1. The van der Waals surface area contributed by atoms with Gasteiger partial charge < -0.3 is 19.4 Å². The van der Waals surface area contributed by atoms with E-state index in [9.17, 15) is 9.59 Å². The van der Waals surface area contributed by atoms with E-state index in [1.54, 1.807) is 24.1 Å². The van der Waals surface area contributed by atoms with Crippen molar-refractivity contribution < 1.29 is 18.7 Å². The third-order valence-electron chi connectivity index (χ3n) is 5.20. The molecule has 7 nitrogen and oxygen atoms in total. The summed E-state index contributed by atoms with van der Waals surface area (Å²) >= 11 is 0. The number of furan rings is 1. The van der Waals surface area contributed by atoms with Crippen LogP contribution < -0.4 is 5.32 Å². The van der Waals surface area contributed by atoms with E-state index >= 15 is 0 Å². The minimum absolute atomic E-state index is 0.00772. The lowest BCUT2D eigenvalue weighted by Crippen LogP contribution is -2.73. The molecule has 0 aromatic carbocycles. The number of nitrogens with zero attached hydrogens (tertiary/aromatic N) is 2. The van der Waals surface area contributed by atoms with Crippen molar-refractivity contribution in [1.29, 1.82) is 0 Å². The van der Waals surface area contributed by atoms with Crippen LogP contribution in [0.3, 0.4) is 0 Å². The van der Waals surface area contributed by atoms with E-state index in [0.29, 0.717) is 37.9 Å². The first kappa shape index (κ1) is 15.7. The molecule has 0 bridgehead atoms. The highest BCUT2D eigenvalue weighted by molar-refractivity contribution is 5.92. The van der Waals surface area contributed by atoms with Crippen LogP contribution in [0.5, 0.6) is 0 Å². The van der Waals surface area contributed by atoms with E-state index in [-0.39, 0.29) is 23.5 Å². The predicted molar refractivity (Wildman–Crippen MR) is 85.4 cm³/mol. The molecular weight excluding hydrogens is 310 g/mol. The lowest BCUT2D eigenvalue weighted by atomic mass is 9.90. The SMILES string of the molecule is CNC(=O)[C@@H]1COC2(CN(C(=O)c3ccco3)C2)CN1CC1CC1. The molecule has 1 saturated carbocycles. The van der Waals surface area contributed by atoms with Crippen LogP contribution in [0.25, 0.3) is 0 Å². The summed E-state index contributed by atoms with van der Waals surface area (Å²) in [5.41, 5.74) is -0.346. The fourth-order valence-corrected chi connectivity index (χ4v) is 3.66. The lowest BCUT2D eigenvalue weighted by molar-refractivity contribution is -0.192. The second-order valence-corrected chi connectivity index (χ2v) is 7.14. The highest BCUT2D eigenvalue weighted by atomic mass is 16.5. The van der Waals surface area contributed by atoms with Gasteiger partial charge in [-0.2, -0.15) is 0 Å². The normalized spacial score (nSPS) is 26.2. The lowest BCUT2D eigenvalue weighted by Gasteiger charge is -2.55. The maximum Gasteiger partial charge on any atom is 0.289 e. The Kier molecular flexibility index (Phi) is 3.85. The van der Waals surface area contributed by atoms with Crippen molar-refractivity contribution in [3.63, 3.8) is 0 Å². The number of morpholine rings is 1. The van der Waals surface area contributed by atoms with Gasteiger partial charge in [-0.15, -0.1) is 0 Å². The third-order valence-corrected chi connectivity index (χ3v) is 5.20. The average Bonchev–Trinajstić information content (AvgIpc) is 3.20. The van der Waals surface area contributed by atoms with Gasteiger partial charge in [0.15, 0.2) is 5.76 Å². The fraction of sp³-hybridized carbons (Fsp3) is 0.647. The molecule has 2 amide bonds. The van der Waals surface area contributed by atoms with Gasteiger partial charge in [0.1, 0.15) is 11.6 Å². The Morgan fingerprint density at radius 2 is 2.12 bits per heavy atom. The first-order valence-corrected chi connectivity index (χ1v) is 8.53. The van der Waals surface area contributed by atoms with Crippen molar-refractivity contribution in [3.05, 3.63) is 24.2 Å². The summed E-state index contributed by atoms with van der Waals surface area (Å²) in [6.45, 7) is 3.12. The zero-order valence-electron chi connectivity index (χ0n) is 13.9. The Labute approximate surface area is 140 Å². The Morgan fingerprint density at radius 3 is 2.75 bits per heavy atom. The summed E-state index contributed by atoms with van der Waals surface area (Å²) < 4.78 is 11.2. The largest absolute Gasteiger partial charge is 0.459 e. The maximum atomic E-state index is 12.3. The summed E-state index contributed by atoms with van der Waals surface area (Å²) in [5.74, 6) is 0.969. The molecule has 4 rings (SSSR count). The number of likely N-dealkylation sites (tertiary alicyclic amines) is 1. The van der Waals surface area contributed by atoms with Gasteiger partial charge in [0.25, 0.3) is 5.91 Å². The molecule has 1 N–H and O–H groups in total. The molecule has 130 valence electrons. The van der Waals surface area contributed by atoms with E-state index < -0.39 is 0 Å². The Hall–Kier alpha value is -1.86. The Bertz CT molecular complexity index is 620. The number of carbonyl (C=O) groups excluding carboxylic acids is 2. The number of hydrogen-bond acceptors (Lipinski definition) is 5. The first-order valence-electron chi connectivity index (χ1n) is 8.53. The van der Waals surface area contributed by atoms with Crippen molar-refractivity contribution >= 4 is 11.8 Å². The number of rotatable bonds is 4. The van der Waals surface area contributed by atoms with Gasteiger partial charge in [0.2, 0.25) is 5.91 Å². The first-order chi connectivity index (χ1) is 11.6. The molecule has 0 radical (unpaired) electrons. The quantitative estimate of drug-likeness (QED) is 0.859. The summed E-state index contributed by atoms with van der Waals surface area (Å²) in [6.07, 6.45) is 3.99. The van der Waals surface area contributed by atoms with E-state index in [2.05, 4.69) is 10.2 Å². The van der Waals surface area contributed by atoms with Crippen molar-refractivity contribution in [2.24, 2.45) is 5.92 Å².